The summed E-state index contributed by atoms with van der Waals surface area (Å²) in [5, 5.41) is 8.18. The Kier molecular flexibility index (Phi) is 9.70. The highest BCUT2D eigenvalue weighted by Crippen LogP contribution is 2.15. The lowest BCUT2D eigenvalue weighted by Gasteiger charge is -2.25. The fraction of sp³-hybridized carbons (Fsp3) is 0.762. The van der Waals surface area contributed by atoms with Gasteiger partial charge < -0.3 is 9.47 Å². The molecule has 0 aromatic carbocycles. The van der Waals surface area contributed by atoms with Crippen LogP contribution in [0, 0.1) is 5.92 Å². The second-order valence-corrected chi connectivity index (χ2v) is 7.73. The number of ketones is 1. The van der Waals surface area contributed by atoms with Gasteiger partial charge in [0, 0.05) is 0 Å². The summed E-state index contributed by atoms with van der Waals surface area (Å²) in [5.74, 6) is 0.536. The van der Waals surface area contributed by atoms with Gasteiger partial charge in [0.15, 0.2) is 12.1 Å². The fourth-order valence-corrected chi connectivity index (χ4v) is 3.07. The van der Waals surface area contributed by atoms with Crippen molar-refractivity contribution in [2.45, 2.75) is 91.1 Å². The molecule has 6 nitrogen and oxygen atoms in total. The van der Waals surface area contributed by atoms with E-state index in [2.05, 4.69) is 31.1 Å². The minimum atomic E-state index is -0.566. The molecule has 0 bridgehead atoms. The number of ether oxygens (including phenoxy) is 2. The van der Waals surface area contributed by atoms with Gasteiger partial charge in [-0.05, 0) is 37.3 Å². The lowest BCUT2D eigenvalue weighted by molar-refractivity contribution is -0.166. The summed E-state index contributed by atoms with van der Waals surface area (Å²) in [6.45, 7) is 7.55. The van der Waals surface area contributed by atoms with Gasteiger partial charge >= 0.3 is 0 Å². The van der Waals surface area contributed by atoms with Crippen LogP contribution in [0.1, 0.15) is 71.4 Å². The molecule has 0 radical (unpaired) electrons. The van der Waals surface area contributed by atoms with Gasteiger partial charge in [0.05, 0.1) is 25.0 Å². The van der Waals surface area contributed by atoms with Gasteiger partial charge in [-0.25, -0.2) is 4.68 Å². The lowest BCUT2D eigenvalue weighted by atomic mass is 10.1. The zero-order valence-electron chi connectivity index (χ0n) is 17.1. The molecule has 0 saturated heterocycles. The van der Waals surface area contributed by atoms with Gasteiger partial charge in [-0.15, -0.1) is 5.10 Å². The molecule has 152 valence electrons. The number of aromatic nitrogens is 3. The Labute approximate surface area is 163 Å². The van der Waals surface area contributed by atoms with Crippen molar-refractivity contribution in [3.63, 3.8) is 0 Å². The molecule has 1 aliphatic rings. The Morgan fingerprint density at radius 3 is 2.78 bits per heavy atom. The molecule has 0 aliphatic carbocycles. The molecule has 27 heavy (non-hydrogen) atoms. The Morgan fingerprint density at radius 2 is 2.00 bits per heavy atom. The number of hydrogen-bond donors (Lipinski definition) is 0. The van der Waals surface area contributed by atoms with E-state index in [0.29, 0.717) is 19.1 Å². The van der Waals surface area contributed by atoms with Gasteiger partial charge in [0.1, 0.15) is 6.10 Å². The first kappa shape index (κ1) is 21.8. The standard InChI is InChI=1S/C21H35N3O3/c1-4-5-6-7-8-9-10-18-15-22-23-24(18)16-20-19(25)11-12-21(27-20)26-14-13-17(2)3/h11-12,15,17,20-21H,4-10,13-14,16H2,1-3H3/t20-,21+/m1/s1. The maximum absolute atomic E-state index is 12.2. The number of unbranched alkanes of at least 4 members (excludes halogenated alkanes) is 5. The molecule has 2 rings (SSSR count). The van der Waals surface area contributed by atoms with E-state index in [-0.39, 0.29) is 5.78 Å². The fourth-order valence-electron chi connectivity index (χ4n) is 3.07. The van der Waals surface area contributed by atoms with Gasteiger partial charge in [-0.3, -0.25) is 4.79 Å². The molecule has 2 atom stereocenters. The number of carbonyl (C=O) groups excluding carboxylic acids is 1. The zero-order valence-corrected chi connectivity index (χ0v) is 17.1. The summed E-state index contributed by atoms with van der Waals surface area (Å²) in [7, 11) is 0. The smallest absolute Gasteiger partial charge is 0.186 e. The monoisotopic (exact) mass is 377 g/mol. The SMILES string of the molecule is CCCCCCCCc1cnnn1C[C@H]1O[C@H](OCCC(C)C)C=CC1=O. The van der Waals surface area contributed by atoms with Crippen LogP contribution in [-0.2, 0) is 27.2 Å². The quantitative estimate of drug-likeness (QED) is 0.484. The molecule has 0 spiro atoms. The van der Waals surface area contributed by atoms with E-state index in [1.165, 1.54) is 32.1 Å². The zero-order chi connectivity index (χ0) is 19.5. The summed E-state index contributed by atoms with van der Waals surface area (Å²) < 4.78 is 13.4. The van der Waals surface area contributed by atoms with Crippen LogP contribution in [0.4, 0.5) is 0 Å². The molecule has 0 unspecified atom stereocenters. The molecule has 0 N–H and O–H groups in total. The van der Waals surface area contributed by atoms with E-state index in [0.717, 1.165) is 25.0 Å². The molecule has 0 fully saturated rings. The van der Waals surface area contributed by atoms with Crippen molar-refractivity contribution < 1.29 is 14.3 Å². The second kappa shape index (κ2) is 12.0. The van der Waals surface area contributed by atoms with Crippen LogP contribution < -0.4 is 0 Å². The molecule has 1 aromatic rings. The average molecular weight is 378 g/mol. The van der Waals surface area contributed by atoms with E-state index in [1.807, 2.05) is 0 Å². The highest BCUT2D eigenvalue weighted by atomic mass is 16.7. The predicted octanol–water partition coefficient (Wildman–Crippen LogP) is 4.09. The van der Waals surface area contributed by atoms with Crippen LogP contribution >= 0.6 is 0 Å². The minimum Gasteiger partial charge on any atom is -0.349 e. The maximum Gasteiger partial charge on any atom is 0.186 e. The molecule has 2 heterocycles. The third-order valence-corrected chi connectivity index (χ3v) is 4.83. The number of aryl methyl sites for hydroxylation is 1. The van der Waals surface area contributed by atoms with Crippen LogP contribution in [0.5, 0.6) is 0 Å². The summed E-state index contributed by atoms with van der Waals surface area (Å²) >= 11 is 0. The first-order valence-electron chi connectivity index (χ1n) is 10.5. The first-order chi connectivity index (χ1) is 13.1. The van der Waals surface area contributed by atoms with Crippen molar-refractivity contribution in [1.29, 1.82) is 0 Å². The minimum absolute atomic E-state index is 0.0419. The largest absolute Gasteiger partial charge is 0.349 e. The van der Waals surface area contributed by atoms with Crippen LogP contribution in [0.2, 0.25) is 0 Å². The summed E-state index contributed by atoms with van der Waals surface area (Å²) in [6, 6.07) is 0. The summed E-state index contributed by atoms with van der Waals surface area (Å²) in [6.07, 6.45) is 13.4. The number of nitrogens with zero attached hydrogens (tertiary/aromatic N) is 3. The van der Waals surface area contributed by atoms with Gasteiger partial charge in [-0.2, -0.15) is 0 Å². The van der Waals surface area contributed by atoms with E-state index >= 15 is 0 Å². The molecule has 6 heteroatoms. The Balaban J connectivity index is 1.79. The van der Waals surface area contributed by atoms with Crippen molar-refractivity contribution in [2.75, 3.05) is 6.61 Å². The number of carbonyl (C=O) groups is 1. The molecular formula is C21H35N3O3. The Morgan fingerprint density at radius 1 is 1.22 bits per heavy atom. The van der Waals surface area contributed by atoms with Crippen molar-refractivity contribution in [3.8, 4) is 0 Å². The van der Waals surface area contributed by atoms with Gasteiger partial charge in [0.2, 0.25) is 0 Å². The van der Waals surface area contributed by atoms with Crippen LogP contribution in [0.15, 0.2) is 18.3 Å². The van der Waals surface area contributed by atoms with Crippen molar-refractivity contribution in [3.05, 3.63) is 24.0 Å². The second-order valence-electron chi connectivity index (χ2n) is 7.73. The lowest BCUT2D eigenvalue weighted by Crippen LogP contribution is -2.37. The number of hydrogen-bond acceptors (Lipinski definition) is 5. The third-order valence-electron chi connectivity index (χ3n) is 4.83. The van der Waals surface area contributed by atoms with Gasteiger partial charge in [0.25, 0.3) is 0 Å². The Bertz CT molecular complexity index is 583. The van der Waals surface area contributed by atoms with Crippen LogP contribution in [-0.4, -0.2) is 39.8 Å². The topological polar surface area (TPSA) is 66.2 Å². The van der Waals surface area contributed by atoms with E-state index < -0.39 is 12.4 Å². The highest BCUT2D eigenvalue weighted by molar-refractivity contribution is 5.94. The van der Waals surface area contributed by atoms with E-state index in [4.69, 9.17) is 9.47 Å². The van der Waals surface area contributed by atoms with Crippen molar-refractivity contribution >= 4 is 5.78 Å². The van der Waals surface area contributed by atoms with E-state index in [1.54, 1.807) is 23.0 Å². The highest BCUT2D eigenvalue weighted by Gasteiger charge is 2.27. The first-order valence-corrected chi connectivity index (χ1v) is 10.5. The van der Waals surface area contributed by atoms with Crippen LogP contribution in [0.3, 0.4) is 0 Å². The van der Waals surface area contributed by atoms with E-state index in [9.17, 15) is 4.79 Å². The van der Waals surface area contributed by atoms with Crippen LogP contribution in [0.25, 0.3) is 0 Å². The average Bonchev–Trinajstić information content (AvgIpc) is 3.07. The molecule has 0 amide bonds. The molecule has 1 aliphatic heterocycles. The predicted molar refractivity (Wildman–Crippen MR) is 105 cm³/mol. The van der Waals surface area contributed by atoms with Crippen molar-refractivity contribution in [1.82, 2.24) is 15.0 Å². The van der Waals surface area contributed by atoms with Crippen molar-refractivity contribution in [2.24, 2.45) is 5.92 Å². The molecule has 1 aromatic heterocycles. The maximum atomic E-state index is 12.2. The van der Waals surface area contributed by atoms with Gasteiger partial charge in [-0.1, -0.05) is 58.1 Å². The number of rotatable bonds is 13. The summed E-state index contributed by atoms with van der Waals surface area (Å²) in [5.41, 5.74) is 1.06. The Hall–Kier alpha value is -1.53. The third kappa shape index (κ3) is 7.93. The normalized spacial score (nSPS) is 19.9. The summed E-state index contributed by atoms with van der Waals surface area (Å²) in [4.78, 5) is 12.2. The molecule has 0 saturated carbocycles. The molecular weight excluding hydrogens is 342 g/mol.